The summed E-state index contributed by atoms with van der Waals surface area (Å²) < 4.78 is 19.3. The average Bonchev–Trinajstić information content (AvgIpc) is 2.47. The molecule has 0 saturated carbocycles. The summed E-state index contributed by atoms with van der Waals surface area (Å²) in [4.78, 5) is 2.17. The van der Waals surface area contributed by atoms with Gasteiger partial charge in [0.2, 0.25) is 0 Å². The van der Waals surface area contributed by atoms with E-state index in [1.165, 1.54) is 6.07 Å². The first kappa shape index (κ1) is 13.7. The van der Waals surface area contributed by atoms with Crippen LogP contribution in [0.25, 0.3) is 0 Å². The minimum absolute atomic E-state index is 0.0243. The number of likely N-dealkylation sites (N-methyl/N-ethyl adjacent to an activating group) is 1. The monoisotopic (exact) mass is 287 g/mol. The molecular weight excluding hydrogens is 269 g/mol. The van der Waals surface area contributed by atoms with Gasteiger partial charge in [-0.05, 0) is 36.8 Å². The highest BCUT2D eigenvalue weighted by Gasteiger charge is 2.25. The molecule has 0 saturated heterocycles. The van der Waals surface area contributed by atoms with E-state index in [1.807, 2.05) is 6.07 Å². The maximum Gasteiger partial charge on any atom is 0.143 e. The molecule has 1 heterocycles. The Balaban J connectivity index is 1.82. The van der Waals surface area contributed by atoms with Gasteiger partial charge in [0.1, 0.15) is 23.4 Å². The topological polar surface area (TPSA) is 32.7 Å². The normalized spacial score (nSPS) is 17.2. The molecule has 0 radical (unpaired) electrons. The first-order chi connectivity index (χ1) is 10.2. The molecule has 1 aliphatic heterocycles. The summed E-state index contributed by atoms with van der Waals surface area (Å²) >= 11 is 0. The van der Waals surface area contributed by atoms with E-state index in [-0.39, 0.29) is 17.7 Å². The molecule has 1 unspecified atom stereocenters. The van der Waals surface area contributed by atoms with E-state index >= 15 is 0 Å². The number of nitrogens with zero attached hydrogens (tertiary/aromatic N) is 1. The van der Waals surface area contributed by atoms with Gasteiger partial charge in [0.25, 0.3) is 0 Å². The SMILES string of the molecule is CCN1CC(Cc2cccc(F)c2)Oc2ccc(O)cc21. The van der Waals surface area contributed by atoms with Crippen molar-refractivity contribution in [3.05, 3.63) is 53.8 Å². The zero-order chi connectivity index (χ0) is 14.8. The molecule has 1 aliphatic rings. The summed E-state index contributed by atoms with van der Waals surface area (Å²) in [6.07, 6.45) is 0.637. The number of hydrogen-bond acceptors (Lipinski definition) is 3. The van der Waals surface area contributed by atoms with Crippen LogP contribution in [-0.2, 0) is 6.42 Å². The highest BCUT2D eigenvalue weighted by molar-refractivity contribution is 5.62. The second-order valence-electron chi connectivity index (χ2n) is 5.26. The van der Waals surface area contributed by atoms with Crippen molar-refractivity contribution in [3.63, 3.8) is 0 Å². The van der Waals surface area contributed by atoms with E-state index in [9.17, 15) is 9.50 Å². The minimum atomic E-state index is -0.221. The Bertz CT molecular complexity index is 644. The van der Waals surface area contributed by atoms with E-state index in [2.05, 4.69) is 11.8 Å². The van der Waals surface area contributed by atoms with Gasteiger partial charge in [0.05, 0.1) is 12.2 Å². The van der Waals surface area contributed by atoms with Crippen molar-refractivity contribution in [2.24, 2.45) is 0 Å². The lowest BCUT2D eigenvalue weighted by Crippen LogP contribution is -2.41. The summed E-state index contributed by atoms with van der Waals surface area (Å²) in [6, 6.07) is 11.7. The molecular formula is C17H18FNO2. The first-order valence-corrected chi connectivity index (χ1v) is 7.15. The molecule has 1 atom stereocenters. The summed E-state index contributed by atoms with van der Waals surface area (Å²) in [5, 5.41) is 9.61. The van der Waals surface area contributed by atoms with Crippen molar-refractivity contribution >= 4 is 5.69 Å². The Morgan fingerprint density at radius 2 is 2.14 bits per heavy atom. The molecule has 1 N–H and O–H groups in total. The van der Waals surface area contributed by atoms with Crippen LogP contribution in [0.3, 0.4) is 0 Å². The Hall–Kier alpha value is -2.23. The average molecular weight is 287 g/mol. The number of rotatable bonds is 3. The van der Waals surface area contributed by atoms with Gasteiger partial charge in [0.15, 0.2) is 0 Å². The van der Waals surface area contributed by atoms with Gasteiger partial charge in [-0.15, -0.1) is 0 Å². The van der Waals surface area contributed by atoms with Crippen LogP contribution >= 0.6 is 0 Å². The maximum absolute atomic E-state index is 13.3. The highest BCUT2D eigenvalue weighted by atomic mass is 19.1. The van der Waals surface area contributed by atoms with Crippen LogP contribution in [0.1, 0.15) is 12.5 Å². The number of anilines is 1. The molecule has 0 amide bonds. The number of aromatic hydroxyl groups is 1. The van der Waals surface area contributed by atoms with E-state index in [4.69, 9.17) is 4.74 Å². The fraction of sp³-hybridized carbons (Fsp3) is 0.294. The van der Waals surface area contributed by atoms with Gasteiger partial charge in [-0.25, -0.2) is 4.39 Å². The van der Waals surface area contributed by atoms with Crippen LogP contribution in [0.5, 0.6) is 11.5 Å². The predicted molar refractivity (Wildman–Crippen MR) is 80.5 cm³/mol. The van der Waals surface area contributed by atoms with Crippen LogP contribution in [-0.4, -0.2) is 24.3 Å². The zero-order valence-corrected chi connectivity index (χ0v) is 11.9. The smallest absolute Gasteiger partial charge is 0.143 e. The molecule has 3 rings (SSSR count). The molecule has 2 aromatic rings. The second-order valence-corrected chi connectivity index (χ2v) is 5.26. The number of ether oxygens (including phenoxy) is 1. The summed E-state index contributed by atoms with van der Waals surface area (Å²) in [6.45, 7) is 3.63. The van der Waals surface area contributed by atoms with Crippen LogP contribution in [0.4, 0.5) is 10.1 Å². The third kappa shape index (κ3) is 2.94. The van der Waals surface area contributed by atoms with Crippen LogP contribution in [0.2, 0.25) is 0 Å². The molecule has 110 valence electrons. The molecule has 0 spiro atoms. The predicted octanol–water partition coefficient (Wildman–Crippen LogP) is 3.36. The highest BCUT2D eigenvalue weighted by Crippen LogP contribution is 2.36. The Labute approximate surface area is 123 Å². The maximum atomic E-state index is 13.3. The van der Waals surface area contributed by atoms with E-state index in [0.29, 0.717) is 6.42 Å². The van der Waals surface area contributed by atoms with Crippen molar-refractivity contribution in [1.29, 1.82) is 0 Å². The molecule has 0 bridgehead atoms. The lowest BCUT2D eigenvalue weighted by atomic mass is 10.1. The van der Waals surface area contributed by atoms with Gasteiger partial charge >= 0.3 is 0 Å². The molecule has 4 heteroatoms. The third-order valence-corrected chi connectivity index (χ3v) is 3.73. The van der Waals surface area contributed by atoms with E-state index < -0.39 is 0 Å². The Morgan fingerprint density at radius 3 is 2.90 bits per heavy atom. The minimum Gasteiger partial charge on any atom is -0.508 e. The number of hydrogen-bond donors (Lipinski definition) is 1. The lowest BCUT2D eigenvalue weighted by Gasteiger charge is -2.35. The fourth-order valence-corrected chi connectivity index (χ4v) is 2.75. The summed E-state index contributed by atoms with van der Waals surface area (Å²) in [5.41, 5.74) is 1.84. The number of fused-ring (bicyclic) bond motifs is 1. The largest absolute Gasteiger partial charge is 0.508 e. The fourth-order valence-electron chi connectivity index (χ4n) is 2.75. The summed E-state index contributed by atoms with van der Waals surface area (Å²) in [7, 11) is 0. The van der Waals surface area contributed by atoms with Crippen molar-refractivity contribution in [2.45, 2.75) is 19.4 Å². The van der Waals surface area contributed by atoms with Crippen LogP contribution in [0.15, 0.2) is 42.5 Å². The molecule has 3 nitrogen and oxygen atoms in total. The van der Waals surface area contributed by atoms with E-state index in [1.54, 1.807) is 30.3 Å². The van der Waals surface area contributed by atoms with Gasteiger partial charge < -0.3 is 14.7 Å². The van der Waals surface area contributed by atoms with Crippen LogP contribution in [0, 0.1) is 5.82 Å². The Morgan fingerprint density at radius 1 is 1.29 bits per heavy atom. The number of phenolic OH excluding ortho intramolecular Hbond substituents is 1. The van der Waals surface area contributed by atoms with Gasteiger partial charge in [-0.2, -0.15) is 0 Å². The van der Waals surface area contributed by atoms with Gasteiger partial charge in [-0.3, -0.25) is 0 Å². The molecule has 2 aromatic carbocycles. The number of halogens is 1. The number of benzene rings is 2. The third-order valence-electron chi connectivity index (χ3n) is 3.73. The van der Waals surface area contributed by atoms with Crippen molar-refractivity contribution in [1.82, 2.24) is 0 Å². The molecule has 0 aromatic heterocycles. The van der Waals surface area contributed by atoms with E-state index in [0.717, 1.165) is 30.1 Å². The lowest BCUT2D eigenvalue weighted by molar-refractivity contribution is 0.194. The van der Waals surface area contributed by atoms with Crippen molar-refractivity contribution in [2.75, 3.05) is 18.0 Å². The van der Waals surface area contributed by atoms with Crippen LogP contribution < -0.4 is 9.64 Å². The number of phenols is 1. The van der Waals surface area contributed by atoms with Crippen molar-refractivity contribution in [3.8, 4) is 11.5 Å². The quantitative estimate of drug-likeness (QED) is 0.939. The summed E-state index contributed by atoms with van der Waals surface area (Å²) in [5.74, 6) is 0.780. The second kappa shape index (κ2) is 5.64. The van der Waals surface area contributed by atoms with Gasteiger partial charge in [-0.1, -0.05) is 12.1 Å². The Kier molecular flexibility index (Phi) is 3.69. The molecule has 0 aliphatic carbocycles. The molecule has 21 heavy (non-hydrogen) atoms. The molecule has 0 fully saturated rings. The zero-order valence-electron chi connectivity index (χ0n) is 11.9. The standard InChI is InChI=1S/C17H18FNO2/c1-2-19-11-15(9-12-4-3-5-13(18)8-12)21-17-7-6-14(20)10-16(17)19/h3-8,10,15,20H,2,9,11H2,1H3. The first-order valence-electron chi connectivity index (χ1n) is 7.15. The van der Waals surface area contributed by atoms with Crippen molar-refractivity contribution < 1.29 is 14.2 Å². The van der Waals surface area contributed by atoms with Gasteiger partial charge in [0, 0.05) is 19.0 Å².